The summed E-state index contributed by atoms with van der Waals surface area (Å²) in [5, 5.41) is 15.1. The Morgan fingerprint density at radius 1 is 1.20 bits per heavy atom. The van der Waals surface area contributed by atoms with Gasteiger partial charge in [0.15, 0.2) is 0 Å². The zero-order valence-electron chi connectivity index (χ0n) is 11.2. The maximum Gasteiger partial charge on any atom is 0.315 e. The van der Waals surface area contributed by atoms with Crippen LogP contribution in [0.25, 0.3) is 5.69 Å². The van der Waals surface area contributed by atoms with E-state index in [0.717, 1.165) is 24.2 Å². The normalized spacial score (nSPS) is 10.7. The van der Waals surface area contributed by atoms with E-state index in [9.17, 15) is 0 Å². The minimum atomic E-state index is 0.456. The van der Waals surface area contributed by atoms with Crippen LogP contribution in [0.5, 0.6) is 0 Å². The first-order valence-electron chi connectivity index (χ1n) is 6.44. The predicted molar refractivity (Wildman–Crippen MR) is 74.8 cm³/mol. The van der Waals surface area contributed by atoms with Crippen LogP contribution in [0.3, 0.4) is 0 Å². The molecule has 0 aliphatic heterocycles. The summed E-state index contributed by atoms with van der Waals surface area (Å²) in [6, 6.07) is 10.5. The molecule has 2 aromatic heterocycles. The average Bonchev–Trinajstić information content (AvgIpc) is 3.09. The highest BCUT2D eigenvalue weighted by Crippen LogP contribution is 2.09. The molecule has 102 valence electrons. The van der Waals surface area contributed by atoms with Crippen molar-refractivity contribution >= 4 is 6.01 Å². The van der Waals surface area contributed by atoms with Crippen LogP contribution in [0, 0.1) is 6.92 Å². The third kappa shape index (κ3) is 2.85. The Balaban J connectivity index is 1.58. The number of hydrogen-bond acceptors (Lipinski definition) is 5. The molecule has 1 N–H and O–H groups in total. The summed E-state index contributed by atoms with van der Waals surface area (Å²) in [6.07, 6.45) is 4.73. The molecule has 0 saturated carbocycles. The second kappa shape index (κ2) is 5.56. The molecular weight excluding hydrogens is 254 g/mol. The van der Waals surface area contributed by atoms with Crippen molar-refractivity contribution in [2.45, 2.75) is 13.3 Å². The minimum Gasteiger partial charge on any atom is -0.408 e. The average molecular weight is 269 g/mol. The molecule has 6 heteroatoms. The van der Waals surface area contributed by atoms with Crippen LogP contribution in [0.15, 0.2) is 47.1 Å². The molecule has 3 aromatic rings. The van der Waals surface area contributed by atoms with Gasteiger partial charge in [-0.15, -0.1) is 5.10 Å². The largest absolute Gasteiger partial charge is 0.408 e. The lowest BCUT2D eigenvalue weighted by molar-refractivity contribution is 0.531. The van der Waals surface area contributed by atoms with E-state index in [1.165, 1.54) is 0 Å². The SMILES string of the molecule is Cc1nnc(NCCc2cnn(-c3ccccc3)c2)o1. The number of para-hydroxylation sites is 1. The lowest BCUT2D eigenvalue weighted by atomic mass is 10.2. The van der Waals surface area contributed by atoms with Crippen molar-refractivity contribution in [1.82, 2.24) is 20.0 Å². The van der Waals surface area contributed by atoms with Crippen molar-refractivity contribution in [2.24, 2.45) is 0 Å². The molecule has 2 heterocycles. The van der Waals surface area contributed by atoms with Gasteiger partial charge in [0.25, 0.3) is 0 Å². The highest BCUT2D eigenvalue weighted by Gasteiger charge is 2.03. The van der Waals surface area contributed by atoms with Crippen molar-refractivity contribution in [1.29, 1.82) is 0 Å². The molecule has 0 bridgehead atoms. The lowest BCUT2D eigenvalue weighted by Gasteiger charge is -2.00. The van der Waals surface area contributed by atoms with Gasteiger partial charge in [0.2, 0.25) is 5.89 Å². The standard InChI is InChI=1S/C14H15N5O/c1-11-17-18-14(20-11)15-8-7-12-9-16-19(10-12)13-5-3-2-4-6-13/h2-6,9-10H,7-8H2,1H3,(H,15,18). The van der Waals surface area contributed by atoms with Crippen LogP contribution in [0.2, 0.25) is 0 Å². The van der Waals surface area contributed by atoms with Crippen molar-refractivity contribution in [3.8, 4) is 5.69 Å². The second-order valence-corrected chi connectivity index (χ2v) is 4.43. The summed E-state index contributed by atoms with van der Waals surface area (Å²) < 4.78 is 7.11. The van der Waals surface area contributed by atoms with Crippen molar-refractivity contribution in [3.63, 3.8) is 0 Å². The fraction of sp³-hybridized carbons (Fsp3) is 0.214. The van der Waals surface area contributed by atoms with E-state index in [-0.39, 0.29) is 0 Å². The quantitative estimate of drug-likeness (QED) is 0.769. The number of hydrogen-bond donors (Lipinski definition) is 1. The summed E-state index contributed by atoms with van der Waals surface area (Å²) in [5.41, 5.74) is 2.21. The first kappa shape index (κ1) is 12.4. The first-order chi connectivity index (χ1) is 9.81. The van der Waals surface area contributed by atoms with Crippen LogP contribution < -0.4 is 5.32 Å². The van der Waals surface area contributed by atoms with E-state index in [4.69, 9.17) is 4.42 Å². The van der Waals surface area contributed by atoms with Crippen molar-refractivity contribution in [2.75, 3.05) is 11.9 Å². The van der Waals surface area contributed by atoms with Gasteiger partial charge < -0.3 is 9.73 Å². The van der Waals surface area contributed by atoms with E-state index in [1.54, 1.807) is 6.92 Å². The molecular formula is C14H15N5O. The van der Waals surface area contributed by atoms with Gasteiger partial charge in [-0.25, -0.2) is 4.68 Å². The number of anilines is 1. The van der Waals surface area contributed by atoms with Crippen LogP contribution in [0.4, 0.5) is 6.01 Å². The third-order valence-corrected chi connectivity index (χ3v) is 2.87. The Morgan fingerprint density at radius 2 is 2.05 bits per heavy atom. The van der Waals surface area contributed by atoms with Gasteiger partial charge in [-0.05, 0) is 24.1 Å². The first-order valence-corrected chi connectivity index (χ1v) is 6.44. The number of nitrogens with zero attached hydrogens (tertiary/aromatic N) is 4. The van der Waals surface area contributed by atoms with Crippen LogP contribution in [-0.2, 0) is 6.42 Å². The maximum atomic E-state index is 5.24. The topological polar surface area (TPSA) is 68.8 Å². The Hall–Kier alpha value is -2.63. The summed E-state index contributed by atoms with van der Waals surface area (Å²) in [4.78, 5) is 0. The van der Waals surface area contributed by atoms with E-state index in [2.05, 4.69) is 20.6 Å². The Bertz CT molecular complexity index is 674. The molecule has 0 atom stereocenters. The van der Waals surface area contributed by atoms with Gasteiger partial charge in [-0.2, -0.15) is 5.10 Å². The van der Waals surface area contributed by atoms with E-state index >= 15 is 0 Å². The number of aryl methyl sites for hydroxylation is 1. The number of rotatable bonds is 5. The van der Waals surface area contributed by atoms with Crippen LogP contribution in [0.1, 0.15) is 11.5 Å². The minimum absolute atomic E-state index is 0.456. The Labute approximate surface area is 116 Å². The van der Waals surface area contributed by atoms with Crippen LogP contribution in [-0.4, -0.2) is 26.5 Å². The van der Waals surface area contributed by atoms with Gasteiger partial charge in [0.05, 0.1) is 11.9 Å². The molecule has 0 aliphatic rings. The molecule has 0 aliphatic carbocycles. The Kier molecular flexibility index (Phi) is 3.45. The maximum absolute atomic E-state index is 5.24. The zero-order chi connectivity index (χ0) is 13.8. The fourth-order valence-corrected chi connectivity index (χ4v) is 1.89. The lowest BCUT2D eigenvalue weighted by Crippen LogP contribution is -2.04. The molecule has 0 amide bonds. The molecule has 20 heavy (non-hydrogen) atoms. The van der Waals surface area contributed by atoms with Crippen LogP contribution >= 0.6 is 0 Å². The predicted octanol–water partition coefficient (Wildman–Crippen LogP) is 2.22. The molecule has 0 fully saturated rings. The second-order valence-electron chi connectivity index (χ2n) is 4.43. The molecule has 3 rings (SSSR count). The molecule has 0 saturated heterocycles. The van der Waals surface area contributed by atoms with Gasteiger partial charge in [-0.3, -0.25) is 0 Å². The number of benzene rings is 1. The molecule has 1 aromatic carbocycles. The summed E-state index contributed by atoms with van der Waals surface area (Å²) in [6.45, 7) is 2.49. The van der Waals surface area contributed by atoms with Gasteiger partial charge in [-0.1, -0.05) is 23.3 Å². The molecule has 0 radical (unpaired) electrons. The van der Waals surface area contributed by atoms with Gasteiger partial charge in [0, 0.05) is 19.7 Å². The third-order valence-electron chi connectivity index (χ3n) is 2.87. The number of nitrogens with one attached hydrogen (secondary N) is 1. The van der Waals surface area contributed by atoms with E-state index in [1.807, 2.05) is 47.4 Å². The highest BCUT2D eigenvalue weighted by atomic mass is 16.4. The molecule has 6 nitrogen and oxygen atoms in total. The van der Waals surface area contributed by atoms with Gasteiger partial charge >= 0.3 is 6.01 Å². The smallest absolute Gasteiger partial charge is 0.315 e. The van der Waals surface area contributed by atoms with Crippen molar-refractivity contribution < 1.29 is 4.42 Å². The number of aromatic nitrogens is 4. The monoisotopic (exact) mass is 269 g/mol. The summed E-state index contributed by atoms with van der Waals surface area (Å²) in [5.74, 6) is 0.560. The van der Waals surface area contributed by atoms with E-state index in [0.29, 0.717) is 11.9 Å². The fourth-order valence-electron chi connectivity index (χ4n) is 1.89. The molecule has 0 unspecified atom stereocenters. The zero-order valence-corrected chi connectivity index (χ0v) is 11.2. The van der Waals surface area contributed by atoms with E-state index < -0.39 is 0 Å². The summed E-state index contributed by atoms with van der Waals surface area (Å²) >= 11 is 0. The summed E-state index contributed by atoms with van der Waals surface area (Å²) in [7, 11) is 0. The van der Waals surface area contributed by atoms with Crippen molar-refractivity contribution in [3.05, 3.63) is 54.2 Å². The van der Waals surface area contributed by atoms with Gasteiger partial charge in [0.1, 0.15) is 0 Å². The Morgan fingerprint density at radius 3 is 2.80 bits per heavy atom. The highest BCUT2D eigenvalue weighted by molar-refractivity contribution is 5.31. The molecule has 0 spiro atoms.